The van der Waals surface area contributed by atoms with Crippen LogP contribution in [-0.4, -0.2) is 35.7 Å². The van der Waals surface area contributed by atoms with E-state index in [2.05, 4.69) is 0 Å². The molecule has 5 heteroatoms. The van der Waals surface area contributed by atoms with Crippen molar-refractivity contribution in [2.45, 2.75) is 19.5 Å². The summed E-state index contributed by atoms with van der Waals surface area (Å²) in [5.74, 6) is 1.43. The molecule has 0 atom stereocenters. The summed E-state index contributed by atoms with van der Waals surface area (Å²) in [7, 11) is 1.62. The van der Waals surface area contributed by atoms with E-state index in [-0.39, 0.29) is 11.9 Å². The number of alkyl halides is 2. The Hall–Kier alpha value is -0.930. The van der Waals surface area contributed by atoms with Crippen LogP contribution in [0.3, 0.4) is 0 Å². The Morgan fingerprint density at radius 3 is 2.22 bits per heavy atom. The van der Waals surface area contributed by atoms with E-state index >= 15 is 0 Å². The molecule has 0 aromatic heterocycles. The molecule has 0 saturated carbocycles. The van der Waals surface area contributed by atoms with Gasteiger partial charge in [-0.25, -0.2) is 0 Å². The maximum absolute atomic E-state index is 11.6. The summed E-state index contributed by atoms with van der Waals surface area (Å²) < 4.78 is 5.09. The summed E-state index contributed by atoms with van der Waals surface area (Å²) >= 11 is 11.6. The lowest BCUT2D eigenvalue weighted by molar-refractivity contribution is -0.131. The molecule has 0 unspecified atom stereocenters. The first-order valence-corrected chi connectivity index (χ1v) is 6.71. The third-order valence-electron chi connectivity index (χ3n) is 2.71. The topological polar surface area (TPSA) is 29.5 Å². The highest BCUT2D eigenvalue weighted by Gasteiger charge is 2.19. The average molecular weight is 290 g/mol. The number of halogens is 2. The van der Waals surface area contributed by atoms with Crippen molar-refractivity contribution < 1.29 is 9.53 Å². The lowest BCUT2D eigenvalue weighted by Gasteiger charge is -2.28. The van der Waals surface area contributed by atoms with E-state index in [9.17, 15) is 4.79 Å². The fourth-order valence-electron chi connectivity index (χ4n) is 1.63. The van der Waals surface area contributed by atoms with Crippen LogP contribution in [0, 0.1) is 0 Å². The van der Waals surface area contributed by atoms with Crippen molar-refractivity contribution in [1.82, 2.24) is 4.90 Å². The molecule has 0 radical (unpaired) electrons. The first-order valence-electron chi connectivity index (χ1n) is 5.64. The third-order valence-corrected chi connectivity index (χ3v) is 3.43. The number of methoxy groups -OCH3 is 1. The van der Waals surface area contributed by atoms with Gasteiger partial charge in [-0.3, -0.25) is 4.79 Å². The van der Waals surface area contributed by atoms with E-state index in [1.807, 2.05) is 24.3 Å². The highest BCUT2D eigenvalue weighted by atomic mass is 35.5. The molecule has 0 aliphatic rings. The number of amides is 1. The van der Waals surface area contributed by atoms with Crippen molar-refractivity contribution in [3.05, 3.63) is 29.8 Å². The SMILES string of the molecule is COc1ccc(CN(C(C)=O)C(CCl)CCl)cc1. The Kier molecular flexibility index (Phi) is 6.30. The molecule has 0 aliphatic carbocycles. The Morgan fingerprint density at radius 2 is 1.83 bits per heavy atom. The zero-order chi connectivity index (χ0) is 13.5. The average Bonchev–Trinajstić information content (AvgIpc) is 2.39. The molecule has 18 heavy (non-hydrogen) atoms. The van der Waals surface area contributed by atoms with E-state index in [1.54, 1.807) is 12.0 Å². The molecule has 0 spiro atoms. The van der Waals surface area contributed by atoms with Gasteiger partial charge in [-0.2, -0.15) is 0 Å². The van der Waals surface area contributed by atoms with Crippen LogP contribution in [0.1, 0.15) is 12.5 Å². The van der Waals surface area contributed by atoms with Gasteiger partial charge in [-0.05, 0) is 17.7 Å². The van der Waals surface area contributed by atoms with Crippen LogP contribution >= 0.6 is 23.2 Å². The Balaban J connectivity index is 2.79. The molecule has 1 aromatic carbocycles. The van der Waals surface area contributed by atoms with Gasteiger partial charge in [-0.15, -0.1) is 23.2 Å². The molecule has 1 amide bonds. The fraction of sp³-hybridized carbons (Fsp3) is 0.462. The van der Waals surface area contributed by atoms with Crippen LogP contribution in [0.15, 0.2) is 24.3 Å². The van der Waals surface area contributed by atoms with Crippen molar-refractivity contribution in [3.63, 3.8) is 0 Å². The molecule has 0 N–H and O–H groups in total. The number of rotatable bonds is 6. The van der Waals surface area contributed by atoms with E-state index in [4.69, 9.17) is 27.9 Å². The summed E-state index contributed by atoms with van der Waals surface area (Å²) in [6, 6.07) is 7.43. The second-order valence-electron chi connectivity index (χ2n) is 3.96. The first kappa shape index (κ1) is 15.1. The van der Waals surface area contributed by atoms with Gasteiger partial charge in [0.15, 0.2) is 0 Å². The standard InChI is InChI=1S/C13H17Cl2NO2/c1-10(17)16(12(7-14)8-15)9-11-3-5-13(18-2)6-4-11/h3-6,12H,7-9H2,1-2H3. The van der Waals surface area contributed by atoms with Crippen molar-refractivity contribution in [1.29, 1.82) is 0 Å². The van der Waals surface area contributed by atoms with Crippen molar-refractivity contribution in [2.75, 3.05) is 18.9 Å². The van der Waals surface area contributed by atoms with Gasteiger partial charge in [0.25, 0.3) is 0 Å². The predicted octanol–water partition coefficient (Wildman–Crippen LogP) is 2.89. The van der Waals surface area contributed by atoms with Crippen LogP contribution in [0.4, 0.5) is 0 Å². The number of carbonyl (C=O) groups is 1. The molecule has 0 bridgehead atoms. The summed E-state index contributed by atoms with van der Waals surface area (Å²) in [6.45, 7) is 2.03. The summed E-state index contributed by atoms with van der Waals surface area (Å²) in [4.78, 5) is 13.3. The van der Waals surface area contributed by atoms with Crippen LogP contribution in [0.5, 0.6) is 5.75 Å². The number of benzene rings is 1. The minimum Gasteiger partial charge on any atom is -0.497 e. The second kappa shape index (κ2) is 7.49. The Morgan fingerprint density at radius 1 is 1.28 bits per heavy atom. The van der Waals surface area contributed by atoms with E-state index in [0.717, 1.165) is 11.3 Å². The van der Waals surface area contributed by atoms with Gasteiger partial charge in [0.2, 0.25) is 5.91 Å². The Bertz CT molecular complexity index is 377. The van der Waals surface area contributed by atoms with Gasteiger partial charge >= 0.3 is 0 Å². The smallest absolute Gasteiger partial charge is 0.220 e. The van der Waals surface area contributed by atoms with Crippen LogP contribution in [-0.2, 0) is 11.3 Å². The highest BCUT2D eigenvalue weighted by Crippen LogP contribution is 2.15. The highest BCUT2D eigenvalue weighted by molar-refractivity contribution is 6.21. The summed E-state index contributed by atoms with van der Waals surface area (Å²) in [5, 5.41) is 0. The van der Waals surface area contributed by atoms with Gasteiger partial charge in [0.1, 0.15) is 5.75 Å². The van der Waals surface area contributed by atoms with Gasteiger partial charge in [-0.1, -0.05) is 12.1 Å². The molecule has 0 aliphatic heterocycles. The number of hydrogen-bond acceptors (Lipinski definition) is 2. The molecule has 1 aromatic rings. The fourth-order valence-corrected chi connectivity index (χ4v) is 2.30. The number of nitrogens with zero attached hydrogens (tertiary/aromatic N) is 1. The molecule has 3 nitrogen and oxygen atoms in total. The zero-order valence-electron chi connectivity index (χ0n) is 10.5. The lowest BCUT2D eigenvalue weighted by atomic mass is 10.2. The maximum atomic E-state index is 11.6. The molecule has 0 fully saturated rings. The summed E-state index contributed by atoms with van der Waals surface area (Å²) in [5.41, 5.74) is 1.02. The van der Waals surface area contributed by atoms with E-state index < -0.39 is 0 Å². The third kappa shape index (κ3) is 4.07. The van der Waals surface area contributed by atoms with Gasteiger partial charge in [0.05, 0.1) is 13.2 Å². The molecular weight excluding hydrogens is 273 g/mol. The summed E-state index contributed by atoms with van der Waals surface area (Å²) in [6.07, 6.45) is 0. The molecule has 1 rings (SSSR count). The molecule has 0 saturated heterocycles. The van der Waals surface area contributed by atoms with Crippen LogP contribution in [0.2, 0.25) is 0 Å². The first-order chi connectivity index (χ1) is 8.62. The normalized spacial score (nSPS) is 10.5. The predicted molar refractivity (Wildman–Crippen MR) is 74.4 cm³/mol. The van der Waals surface area contributed by atoms with Crippen molar-refractivity contribution >= 4 is 29.1 Å². The second-order valence-corrected chi connectivity index (χ2v) is 4.57. The maximum Gasteiger partial charge on any atom is 0.220 e. The largest absolute Gasteiger partial charge is 0.497 e. The van der Waals surface area contributed by atoms with E-state index in [0.29, 0.717) is 18.3 Å². The molecule has 0 heterocycles. The van der Waals surface area contributed by atoms with Crippen LogP contribution < -0.4 is 4.74 Å². The molecular formula is C13H17Cl2NO2. The zero-order valence-corrected chi connectivity index (χ0v) is 12.0. The van der Waals surface area contributed by atoms with Gasteiger partial charge < -0.3 is 9.64 Å². The number of hydrogen-bond donors (Lipinski definition) is 0. The molecule has 100 valence electrons. The number of ether oxygens (including phenoxy) is 1. The Labute approximate surface area is 118 Å². The van der Waals surface area contributed by atoms with Crippen molar-refractivity contribution in [3.8, 4) is 5.75 Å². The lowest BCUT2D eigenvalue weighted by Crippen LogP contribution is -2.40. The quantitative estimate of drug-likeness (QED) is 0.754. The van der Waals surface area contributed by atoms with E-state index in [1.165, 1.54) is 6.92 Å². The minimum absolute atomic E-state index is 0.0304. The van der Waals surface area contributed by atoms with Gasteiger partial charge in [0, 0.05) is 25.2 Å². The van der Waals surface area contributed by atoms with Crippen LogP contribution in [0.25, 0.3) is 0 Å². The number of carbonyl (C=O) groups excluding carboxylic acids is 1. The van der Waals surface area contributed by atoms with Crippen molar-refractivity contribution in [2.24, 2.45) is 0 Å². The minimum atomic E-state index is -0.145. The monoisotopic (exact) mass is 289 g/mol.